The van der Waals surface area contributed by atoms with Gasteiger partial charge in [0.25, 0.3) is 0 Å². The van der Waals surface area contributed by atoms with Crippen LogP contribution in [-0.4, -0.2) is 51.6 Å². The maximum absolute atomic E-state index is 5.35. The number of piperidine rings is 1. The molecule has 3 aromatic heterocycles. The lowest BCUT2D eigenvalue weighted by Gasteiger charge is -2.34. The number of hydrogen-bond acceptors (Lipinski definition) is 7. The van der Waals surface area contributed by atoms with Crippen LogP contribution in [-0.2, 0) is 0 Å². The van der Waals surface area contributed by atoms with Crippen molar-refractivity contribution in [3.63, 3.8) is 0 Å². The van der Waals surface area contributed by atoms with Gasteiger partial charge in [0.05, 0.1) is 30.9 Å². The first-order chi connectivity index (χ1) is 17.4. The molecule has 2 aliphatic rings. The van der Waals surface area contributed by atoms with Crippen molar-refractivity contribution in [1.29, 1.82) is 0 Å². The summed E-state index contributed by atoms with van der Waals surface area (Å²) in [6.07, 6.45) is 15.8. The van der Waals surface area contributed by atoms with Gasteiger partial charge < -0.3 is 15.0 Å². The van der Waals surface area contributed by atoms with Gasteiger partial charge in [-0.1, -0.05) is 11.6 Å². The number of likely N-dealkylation sites (tertiary alicyclic amines) is 1. The zero-order chi connectivity index (χ0) is 25.5. The van der Waals surface area contributed by atoms with Gasteiger partial charge >= 0.3 is 0 Å². The number of nitrogens with zero attached hydrogens (tertiary/aromatic N) is 5. The number of methoxy groups -OCH3 is 1. The fourth-order valence-corrected chi connectivity index (χ4v) is 4.46. The minimum Gasteiger partial charge on any atom is -0.495 e. The summed E-state index contributed by atoms with van der Waals surface area (Å²) < 4.78 is 5.35. The third-order valence-electron chi connectivity index (χ3n) is 7.10. The van der Waals surface area contributed by atoms with Crippen molar-refractivity contribution in [3.8, 4) is 17.0 Å². The van der Waals surface area contributed by atoms with Gasteiger partial charge in [-0.05, 0) is 77.6 Å². The highest BCUT2D eigenvalue weighted by molar-refractivity contribution is 5.66. The molecule has 0 unspecified atom stereocenters. The first-order valence-electron chi connectivity index (χ1n) is 12.9. The van der Waals surface area contributed by atoms with E-state index in [9.17, 15) is 0 Å². The molecule has 2 atom stereocenters. The zero-order valence-corrected chi connectivity index (χ0v) is 22.2. The standard InChI is InChI=1S/C23H28N6O.C6H10/c1-15-7-19(12-24-10-15)26-22-9-21(18-8-20(30-4)13-25-11-18)27-23(28-22)17-6-5-16(2)29(3)14-17;1-2-6-4-3-5-6/h7-13,16-17H,5-6,14H2,1-4H3,(H,26,27,28);2H,3-5H2,1H3/t16-,17-;/m0./s1. The second-order valence-electron chi connectivity index (χ2n) is 9.85. The van der Waals surface area contributed by atoms with Crippen LogP contribution < -0.4 is 10.1 Å². The third-order valence-corrected chi connectivity index (χ3v) is 7.10. The van der Waals surface area contributed by atoms with Crippen LogP contribution in [0.5, 0.6) is 5.75 Å². The Labute approximate surface area is 215 Å². The summed E-state index contributed by atoms with van der Waals surface area (Å²) in [6.45, 7) is 7.37. The molecule has 5 rings (SSSR count). The van der Waals surface area contributed by atoms with E-state index in [2.05, 4.69) is 53.2 Å². The number of ether oxygens (including phenoxy) is 1. The average molecular weight is 487 g/mol. The van der Waals surface area contributed by atoms with Gasteiger partial charge in [-0.3, -0.25) is 9.97 Å². The number of allylic oxidation sites excluding steroid dienone is 2. The van der Waals surface area contributed by atoms with E-state index in [1.807, 2.05) is 31.5 Å². The first kappa shape index (κ1) is 25.8. The number of nitrogens with one attached hydrogen (secondary N) is 1. The molecule has 0 bridgehead atoms. The molecule has 1 aliphatic heterocycles. The molecule has 2 fully saturated rings. The summed E-state index contributed by atoms with van der Waals surface area (Å²) in [5.74, 6) is 2.61. The summed E-state index contributed by atoms with van der Waals surface area (Å²) in [7, 11) is 3.81. The van der Waals surface area contributed by atoms with Crippen LogP contribution in [0.4, 0.5) is 11.5 Å². The van der Waals surface area contributed by atoms with Crippen molar-refractivity contribution in [2.75, 3.05) is 26.0 Å². The molecular weight excluding hydrogens is 448 g/mol. The van der Waals surface area contributed by atoms with Gasteiger partial charge in [0, 0.05) is 42.5 Å². The van der Waals surface area contributed by atoms with E-state index < -0.39 is 0 Å². The highest BCUT2D eigenvalue weighted by atomic mass is 16.5. The molecule has 1 saturated heterocycles. The largest absolute Gasteiger partial charge is 0.495 e. The minimum absolute atomic E-state index is 0.293. The third kappa shape index (κ3) is 6.66. The summed E-state index contributed by atoms with van der Waals surface area (Å²) in [4.78, 5) is 20.8. The lowest BCUT2D eigenvalue weighted by molar-refractivity contribution is 0.177. The monoisotopic (exact) mass is 486 g/mol. The minimum atomic E-state index is 0.293. The number of pyridine rings is 2. The Bertz CT molecular complexity index is 1190. The van der Waals surface area contributed by atoms with E-state index in [-0.39, 0.29) is 0 Å². The summed E-state index contributed by atoms with van der Waals surface area (Å²) >= 11 is 0. The number of aryl methyl sites for hydroxylation is 1. The Morgan fingerprint density at radius 1 is 1.03 bits per heavy atom. The predicted octanol–water partition coefficient (Wildman–Crippen LogP) is 6.31. The molecule has 0 radical (unpaired) electrons. The van der Waals surface area contributed by atoms with E-state index in [0.717, 1.165) is 53.5 Å². The average Bonchev–Trinajstić information content (AvgIpc) is 2.85. The van der Waals surface area contributed by atoms with Gasteiger partial charge in [0.1, 0.15) is 17.4 Å². The van der Waals surface area contributed by atoms with Crippen molar-refractivity contribution in [3.05, 3.63) is 66.0 Å². The molecule has 1 saturated carbocycles. The van der Waals surface area contributed by atoms with Crippen LogP contribution in [0, 0.1) is 6.92 Å². The summed E-state index contributed by atoms with van der Waals surface area (Å²) in [5.41, 5.74) is 5.38. The summed E-state index contributed by atoms with van der Waals surface area (Å²) in [6, 6.07) is 6.55. The SMILES string of the molecule is CC=C1CCC1.COc1cncc(-c2cc(Nc3cncc(C)c3)nc([C@H]3CC[C@H](C)N(C)C3)n2)c1. The van der Waals surface area contributed by atoms with Crippen LogP contribution >= 0.6 is 0 Å². The second-order valence-corrected chi connectivity index (χ2v) is 9.85. The van der Waals surface area contributed by atoms with Crippen molar-refractivity contribution < 1.29 is 4.74 Å². The van der Waals surface area contributed by atoms with Crippen LogP contribution in [0.25, 0.3) is 11.3 Å². The maximum atomic E-state index is 5.35. The molecular formula is C29H38N6O. The predicted molar refractivity (Wildman–Crippen MR) is 146 cm³/mol. The van der Waals surface area contributed by atoms with Gasteiger partial charge in [0.15, 0.2) is 0 Å². The molecule has 7 heteroatoms. The van der Waals surface area contributed by atoms with Crippen LogP contribution in [0.1, 0.15) is 63.3 Å². The topological polar surface area (TPSA) is 76.1 Å². The fraction of sp³-hybridized carbons (Fsp3) is 0.448. The normalized spacial score (nSPS) is 19.5. The van der Waals surface area contributed by atoms with Crippen LogP contribution in [0.2, 0.25) is 0 Å². The number of aromatic nitrogens is 4. The second kappa shape index (κ2) is 12.1. The molecule has 4 heterocycles. The quantitative estimate of drug-likeness (QED) is 0.424. The van der Waals surface area contributed by atoms with Crippen LogP contribution in [0.3, 0.4) is 0 Å². The molecule has 1 aliphatic carbocycles. The van der Waals surface area contributed by atoms with Crippen molar-refractivity contribution in [2.45, 2.75) is 64.8 Å². The van der Waals surface area contributed by atoms with Crippen molar-refractivity contribution >= 4 is 11.5 Å². The van der Waals surface area contributed by atoms with Gasteiger partial charge in [0.2, 0.25) is 0 Å². The van der Waals surface area contributed by atoms with E-state index in [0.29, 0.717) is 17.7 Å². The lowest BCUT2D eigenvalue weighted by atomic mass is 9.93. The number of likely N-dealkylation sites (N-methyl/N-ethyl adjacent to an activating group) is 1. The Kier molecular flexibility index (Phi) is 8.65. The molecule has 1 N–H and O–H groups in total. The fourth-order valence-electron chi connectivity index (χ4n) is 4.46. The van der Waals surface area contributed by atoms with E-state index in [1.54, 1.807) is 25.1 Å². The van der Waals surface area contributed by atoms with Crippen molar-refractivity contribution in [2.24, 2.45) is 0 Å². The first-order valence-corrected chi connectivity index (χ1v) is 12.9. The van der Waals surface area contributed by atoms with Crippen molar-refractivity contribution in [1.82, 2.24) is 24.8 Å². The molecule has 0 amide bonds. The van der Waals surface area contributed by atoms with E-state index >= 15 is 0 Å². The van der Waals surface area contributed by atoms with E-state index in [1.165, 1.54) is 19.3 Å². The highest BCUT2D eigenvalue weighted by Gasteiger charge is 2.26. The number of anilines is 2. The molecule has 36 heavy (non-hydrogen) atoms. The van der Waals surface area contributed by atoms with Gasteiger partial charge in [-0.2, -0.15) is 0 Å². The maximum Gasteiger partial charge on any atom is 0.137 e. The molecule has 0 spiro atoms. The molecule has 0 aromatic carbocycles. The van der Waals surface area contributed by atoms with Crippen LogP contribution in [0.15, 0.2) is 54.6 Å². The lowest BCUT2D eigenvalue weighted by Crippen LogP contribution is -2.38. The zero-order valence-electron chi connectivity index (χ0n) is 22.2. The Morgan fingerprint density at radius 2 is 1.83 bits per heavy atom. The summed E-state index contributed by atoms with van der Waals surface area (Å²) in [5, 5.41) is 3.40. The Hall–Kier alpha value is -3.32. The smallest absolute Gasteiger partial charge is 0.137 e. The number of rotatable bonds is 5. The highest BCUT2D eigenvalue weighted by Crippen LogP contribution is 2.31. The number of hydrogen-bond donors (Lipinski definition) is 1. The Morgan fingerprint density at radius 3 is 2.47 bits per heavy atom. The molecule has 190 valence electrons. The molecule has 7 nitrogen and oxygen atoms in total. The van der Waals surface area contributed by atoms with E-state index in [4.69, 9.17) is 14.7 Å². The van der Waals surface area contributed by atoms with Gasteiger partial charge in [-0.15, -0.1) is 0 Å². The molecule has 3 aromatic rings. The Balaban J connectivity index is 0.000000445. The van der Waals surface area contributed by atoms with Gasteiger partial charge in [-0.25, -0.2) is 9.97 Å².